The van der Waals surface area contributed by atoms with Crippen molar-refractivity contribution in [1.82, 2.24) is 0 Å². The third-order valence-corrected chi connectivity index (χ3v) is 12.2. The molecular weight excluding hydrogens is 858 g/mol. The molecule has 5 unspecified atom stereocenters. The Bertz CT molecular complexity index is 1370. The summed E-state index contributed by atoms with van der Waals surface area (Å²) in [6.45, 7) is 3.06. The SMILES string of the molecule is CCCCCC=CCC=CCCCCCCCC(=O)O[C@H](COC(=O)CCCCCCCC=CCCCCCCCC)COP(=O)(O)O[C@H]1C(O)C(O)C(O)[C@@H](OP(=O)(O)O)C1O. The van der Waals surface area contributed by atoms with Gasteiger partial charge < -0.3 is 44.6 Å². The molecule has 0 aliphatic heterocycles. The lowest BCUT2D eigenvalue weighted by molar-refractivity contribution is -0.216. The summed E-state index contributed by atoms with van der Waals surface area (Å²) in [7, 11) is -10.7. The fourth-order valence-corrected chi connectivity index (χ4v) is 8.53. The third-order valence-electron chi connectivity index (χ3n) is 10.7. The van der Waals surface area contributed by atoms with Crippen molar-refractivity contribution in [2.75, 3.05) is 13.2 Å². The van der Waals surface area contributed by atoms with E-state index in [4.69, 9.17) is 28.3 Å². The first kappa shape index (κ1) is 59.2. The van der Waals surface area contributed by atoms with E-state index in [1.807, 2.05) is 0 Å². The van der Waals surface area contributed by atoms with Crippen LogP contribution in [0.1, 0.15) is 181 Å². The number of unbranched alkanes of at least 4 members (excludes halogenated alkanes) is 19. The Morgan fingerprint density at radius 2 is 0.921 bits per heavy atom. The molecule has 0 radical (unpaired) electrons. The van der Waals surface area contributed by atoms with Gasteiger partial charge in [0.1, 0.15) is 43.2 Å². The molecule has 18 heteroatoms. The summed E-state index contributed by atoms with van der Waals surface area (Å²) in [6, 6.07) is 0. The van der Waals surface area contributed by atoms with Gasteiger partial charge in [0, 0.05) is 12.8 Å². The normalized spacial score (nSPS) is 22.2. The molecule has 0 bridgehead atoms. The van der Waals surface area contributed by atoms with Gasteiger partial charge in [0.25, 0.3) is 0 Å². The predicted octanol–water partition coefficient (Wildman–Crippen LogP) is 8.73. The largest absolute Gasteiger partial charge is 0.472 e. The van der Waals surface area contributed by atoms with Gasteiger partial charge in [-0.1, -0.05) is 134 Å². The maximum absolute atomic E-state index is 13.0. The van der Waals surface area contributed by atoms with Crippen molar-refractivity contribution in [1.29, 1.82) is 0 Å². The van der Waals surface area contributed by atoms with Gasteiger partial charge in [0.15, 0.2) is 6.10 Å². The molecule has 8 atom stereocenters. The van der Waals surface area contributed by atoms with Crippen LogP contribution in [0.25, 0.3) is 0 Å². The van der Waals surface area contributed by atoms with Crippen molar-refractivity contribution in [2.24, 2.45) is 0 Å². The van der Waals surface area contributed by atoms with Crippen LogP contribution >= 0.6 is 15.6 Å². The third kappa shape index (κ3) is 30.9. The van der Waals surface area contributed by atoms with E-state index < -0.39 is 83.5 Å². The Kier molecular flexibility index (Phi) is 34.2. The van der Waals surface area contributed by atoms with E-state index in [9.17, 15) is 44.0 Å². The quantitative estimate of drug-likeness (QED) is 0.0132. The van der Waals surface area contributed by atoms with Gasteiger partial charge in [-0.2, -0.15) is 0 Å². The maximum Gasteiger partial charge on any atom is 0.472 e. The van der Waals surface area contributed by atoms with E-state index >= 15 is 0 Å². The summed E-state index contributed by atoms with van der Waals surface area (Å²) < 4.78 is 49.3. The van der Waals surface area contributed by atoms with Crippen molar-refractivity contribution in [3.05, 3.63) is 36.5 Å². The molecular formula is C45H82O16P2. The summed E-state index contributed by atoms with van der Waals surface area (Å²) in [5, 5.41) is 41.2. The number of carbonyl (C=O) groups excluding carboxylic acids is 2. The number of phosphoric acid groups is 2. The van der Waals surface area contributed by atoms with Gasteiger partial charge >= 0.3 is 27.6 Å². The lowest BCUT2D eigenvalue weighted by Crippen LogP contribution is -2.64. The van der Waals surface area contributed by atoms with Gasteiger partial charge in [-0.15, -0.1) is 0 Å². The van der Waals surface area contributed by atoms with Crippen LogP contribution in [0.5, 0.6) is 0 Å². The smallest absolute Gasteiger partial charge is 0.462 e. The molecule has 0 aromatic carbocycles. The highest BCUT2D eigenvalue weighted by Crippen LogP contribution is 2.49. The Hall–Kier alpha value is -1.78. The number of hydrogen-bond donors (Lipinski definition) is 7. The first-order valence-electron chi connectivity index (χ1n) is 23.5. The van der Waals surface area contributed by atoms with Crippen molar-refractivity contribution < 1.29 is 76.9 Å². The summed E-state index contributed by atoms with van der Waals surface area (Å²) in [5.74, 6) is -1.23. The van der Waals surface area contributed by atoms with Crippen molar-refractivity contribution in [3.63, 3.8) is 0 Å². The predicted molar refractivity (Wildman–Crippen MR) is 241 cm³/mol. The van der Waals surface area contributed by atoms with Crippen LogP contribution in [0.3, 0.4) is 0 Å². The monoisotopic (exact) mass is 941 g/mol. The topological polar surface area (TPSA) is 256 Å². The summed E-state index contributed by atoms with van der Waals surface area (Å²) in [4.78, 5) is 54.2. The average Bonchev–Trinajstić information content (AvgIpc) is 3.23. The van der Waals surface area contributed by atoms with Crippen LogP contribution in [-0.4, -0.2) is 103 Å². The highest BCUT2D eigenvalue weighted by Gasteiger charge is 2.54. The van der Waals surface area contributed by atoms with Crippen LogP contribution in [0, 0.1) is 0 Å². The fraction of sp³-hybridized carbons (Fsp3) is 0.822. The average molecular weight is 941 g/mol. The molecule has 1 aliphatic rings. The van der Waals surface area contributed by atoms with E-state index in [1.165, 1.54) is 57.8 Å². The zero-order valence-electron chi connectivity index (χ0n) is 38.0. The fourth-order valence-electron chi connectivity index (χ4n) is 6.99. The molecule has 0 heterocycles. The molecule has 1 rings (SSSR count). The number of esters is 2. The number of hydrogen-bond acceptors (Lipinski definition) is 13. The van der Waals surface area contributed by atoms with E-state index in [1.54, 1.807) is 0 Å². The second-order valence-corrected chi connectivity index (χ2v) is 19.1. The number of aliphatic hydroxyl groups excluding tert-OH is 4. The molecule has 63 heavy (non-hydrogen) atoms. The highest BCUT2D eigenvalue weighted by atomic mass is 31.2. The second kappa shape index (κ2) is 36.4. The van der Waals surface area contributed by atoms with Gasteiger partial charge in [-0.05, 0) is 70.6 Å². The van der Waals surface area contributed by atoms with E-state index in [0.29, 0.717) is 12.8 Å². The molecule has 1 aliphatic carbocycles. The lowest BCUT2D eigenvalue weighted by Gasteiger charge is -2.43. The lowest BCUT2D eigenvalue weighted by atomic mass is 9.85. The number of aliphatic hydroxyl groups is 4. The summed E-state index contributed by atoms with van der Waals surface area (Å²) in [5.41, 5.74) is 0. The maximum atomic E-state index is 13.0. The number of phosphoric ester groups is 2. The molecule has 16 nitrogen and oxygen atoms in total. The Labute approximate surface area is 376 Å². The van der Waals surface area contributed by atoms with Gasteiger partial charge in [0.05, 0.1) is 6.61 Å². The first-order valence-corrected chi connectivity index (χ1v) is 26.6. The Morgan fingerprint density at radius 3 is 1.43 bits per heavy atom. The molecule has 0 spiro atoms. The first-order chi connectivity index (χ1) is 30.1. The van der Waals surface area contributed by atoms with Crippen molar-refractivity contribution in [2.45, 2.75) is 224 Å². The highest BCUT2D eigenvalue weighted by molar-refractivity contribution is 7.47. The van der Waals surface area contributed by atoms with Crippen LogP contribution in [-0.2, 0) is 41.8 Å². The van der Waals surface area contributed by atoms with Gasteiger partial charge in [0.2, 0.25) is 0 Å². The van der Waals surface area contributed by atoms with Crippen molar-refractivity contribution in [3.8, 4) is 0 Å². The van der Waals surface area contributed by atoms with E-state index in [-0.39, 0.29) is 12.8 Å². The van der Waals surface area contributed by atoms with Crippen molar-refractivity contribution >= 4 is 27.6 Å². The zero-order valence-corrected chi connectivity index (χ0v) is 39.8. The number of rotatable bonds is 39. The molecule has 368 valence electrons. The molecule has 7 N–H and O–H groups in total. The minimum atomic E-state index is -5.36. The van der Waals surface area contributed by atoms with Crippen LogP contribution < -0.4 is 0 Å². The molecule has 0 amide bonds. The molecule has 0 saturated heterocycles. The molecule has 0 aromatic heterocycles. The Morgan fingerprint density at radius 1 is 0.508 bits per heavy atom. The van der Waals surface area contributed by atoms with Crippen LogP contribution in [0.4, 0.5) is 0 Å². The second-order valence-electron chi connectivity index (χ2n) is 16.5. The van der Waals surface area contributed by atoms with Crippen LogP contribution in [0.2, 0.25) is 0 Å². The summed E-state index contributed by atoms with van der Waals surface area (Å²) in [6.07, 6.45) is 23.9. The van der Waals surface area contributed by atoms with Crippen LogP contribution in [0.15, 0.2) is 36.5 Å². The molecule has 1 saturated carbocycles. The summed E-state index contributed by atoms with van der Waals surface area (Å²) >= 11 is 0. The number of carbonyl (C=O) groups is 2. The minimum absolute atomic E-state index is 0.0266. The number of allylic oxidation sites excluding steroid dienone is 6. The molecule has 0 aromatic rings. The standard InChI is InChI=1S/C45H82O16P2/c1-3-5-7-9-11-13-15-17-19-21-23-25-27-29-31-33-38(46)57-35-37(59-39(47)34-32-30-28-26-24-22-20-18-16-14-12-10-8-6-4-2)36-58-63(55,56)61-45-42(50)40(48)41(49)44(43(45)51)60-62(52,53)54/h12,14,17-20,37,40-45,48-51H,3-11,13,15-16,21-36H2,1-2H3,(H,55,56)(H2,52,53,54)/t37-,40?,41?,42?,43?,44-,45+/m1/s1. The van der Waals surface area contributed by atoms with Gasteiger partial charge in [-0.25, -0.2) is 9.13 Å². The zero-order chi connectivity index (χ0) is 46.8. The number of ether oxygens (including phenoxy) is 2. The van der Waals surface area contributed by atoms with Gasteiger partial charge in [-0.3, -0.25) is 23.2 Å². The van der Waals surface area contributed by atoms with E-state index in [0.717, 1.165) is 83.5 Å². The van der Waals surface area contributed by atoms with E-state index in [2.05, 4.69) is 54.8 Å². The minimum Gasteiger partial charge on any atom is -0.462 e. The Balaban J connectivity index is 2.62. The molecule has 1 fully saturated rings.